The van der Waals surface area contributed by atoms with E-state index in [0.717, 1.165) is 24.1 Å². The van der Waals surface area contributed by atoms with Crippen molar-refractivity contribution in [1.29, 1.82) is 0 Å². The first-order valence-corrected chi connectivity index (χ1v) is 10.3. The summed E-state index contributed by atoms with van der Waals surface area (Å²) in [4.78, 5) is 12.9. The van der Waals surface area contributed by atoms with Gasteiger partial charge in [-0.1, -0.05) is 35.9 Å². The maximum absolute atomic E-state index is 13.8. The van der Waals surface area contributed by atoms with Gasteiger partial charge in [-0.05, 0) is 55.9 Å². The summed E-state index contributed by atoms with van der Waals surface area (Å²) in [7, 11) is 0. The largest absolute Gasteiger partial charge is 0.462 e. The van der Waals surface area contributed by atoms with E-state index in [1.165, 1.54) is 6.07 Å². The maximum Gasteiger partial charge on any atom is 0.337 e. The van der Waals surface area contributed by atoms with E-state index in [4.69, 9.17) is 15.2 Å². The summed E-state index contributed by atoms with van der Waals surface area (Å²) in [6.07, 6.45) is 2.59. The average molecular weight is 413 g/mol. The fourth-order valence-corrected chi connectivity index (χ4v) is 3.45. The summed E-state index contributed by atoms with van der Waals surface area (Å²) in [5.41, 5.74) is 9.18. The summed E-state index contributed by atoms with van der Waals surface area (Å²) in [5, 5.41) is 3.12. The highest BCUT2D eigenvalue weighted by Crippen LogP contribution is 2.25. The first kappa shape index (κ1) is 21.8. The van der Waals surface area contributed by atoms with E-state index < -0.39 is 5.97 Å². The molecule has 0 unspecified atom stereocenters. The van der Waals surface area contributed by atoms with Crippen molar-refractivity contribution in [3.8, 4) is 0 Å². The topological polar surface area (TPSA) is 73.6 Å². The molecule has 0 radical (unpaired) electrons. The molecule has 1 aliphatic rings. The zero-order valence-electron chi connectivity index (χ0n) is 17.3. The monoisotopic (exact) mass is 412 g/mol. The number of ether oxygens (including phenoxy) is 2. The Morgan fingerprint density at radius 2 is 1.87 bits per heavy atom. The zero-order chi connectivity index (χ0) is 21.3. The average Bonchev–Trinajstić information content (AvgIpc) is 2.75. The third-order valence-corrected chi connectivity index (χ3v) is 5.30. The Hall–Kier alpha value is -2.86. The number of benzene rings is 2. The van der Waals surface area contributed by atoms with Crippen LogP contribution in [0, 0.1) is 18.7 Å². The number of hydrogen-bond donors (Lipinski definition) is 2. The molecule has 1 saturated heterocycles. The summed E-state index contributed by atoms with van der Waals surface area (Å²) in [6, 6.07) is 14.3. The summed E-state index contributed by atoms with van der Waals surface area (Å²) in [5.74, 6) is -0.158. The number of nitrogens with two attached hydrogens (primary N) is 1. The Morgan fingerprint density at radius 1 is 1.17 bits per heavy atom. The number of esters is 1. The second-order valence-corrected chi connectivity index (χ2v) is 7.62. The molecule has 3 N–H and O–H groups in total. The molecule has 2 aromatic carbocycles. The van der Waals surface area contributed by atoms with Gasteiger partial charge < -0.3 is 20.5 Å². The number of nitrogens with one attached hydrogen (secondary N) is 1. The Kier molecular flexibility index (Phi) is 7.85. The first-order chi connectivity index (χ1) is 14.5. The minimum Gasteiger partial charge on any atom is -0.462 e. The number of carbonyl (C=O) groups excluding carboxylic acids is 1. The molecule has 6 heteroatoms. The van der Waals surface area contributed by atoms with Crippen LogP contribution in [0.4, 0.5) is 10.1 Å². The van der Waals surface area contributed by atoms with Gasteiger partial charge in [0.2, 0.25) is 0 Å². The summed E-state index contributed by atoms with van der Waals surface area (Å²) < 4.78 is 24.7. The molecule has 0 bridgehead atoms. The van der Waals surface area contributed by atoms with Crippen LogP contribution in [-0.4, -0.2) is 25.8 Å². The van der Waals surface area contributed by atoms with E-state index in [2.05, 4.69) is 5.32 Å². The van der Waals surface area contributed by atoms with E-state index in [1.54, 1.807) is 18.2 Å². The fourth-order valence-electron chi connectivity index (χ4n) is 3.45. The smallest absolute Gasteiger partial charge is 0.337 e. The molecule has 0 aliphatic carbocycles. The standard InChI is InChI=1S/C24H29FN2O3/c1-17-6-8-20(9-7-17)27-23(26)21(16-18-10-13-29-14-11-18)24(28)30-15-12-19-4-2-3-5-22(19)25/h2-9,18,27H,10-16,26H2,1H3/b23-21+. The molecule has 1 heterocycles. The van der Waals surface area contributed by atoms with Crippen LogP contribution >= 0.6 is 0 Å². The van der Waals surface area contributed by atoms with Gasteiger partial charge in [0.25, 0.3) is 0 Å². The summed E-state index contributed by atoms with van der Waals surface area (Å²) in [6.45, 7) is 3.47. The number of rotatable bonds is 8. The van der Waals surface area contributed by atoms with E-state index in [-0.39, 0.29) is 12.4 Å². The number of hydrogen-bond acceptors (Lipinski definition) is 5. The predicted octanol–water partition coefficient (Wildman–Crippen LogP) is 4.32. The minimum absolute atomic E-state index is 0.0921. The quantitative estimate of drug-likeness (QED) is 0.499. The molecule has 0 amide bonds. The molecular formula is C24H29FN2O3. The Balaban J connectivity index is 1.69. The van der Waals surface area contributed by atoms with Crippen molar-refractivity contribution in [2.24, 2.45) is 11.7 Å². The second kappa shape index (κ2) is 10.8. The van der Waals surface area contributed by atoms with Crippen molar-refractivity contribution in [2.45, 2.75) is 32.6 Å². The van der Waals surface area contributed by atoms with E-state index in [0.29, 0.717) is 48.9 Å². The third-order valence-electron chi connectivity index (χ3n) is 5.30. The lowest BCUT2D eigenvalue weighted by atomic mass is 9.92. The number of carbonyl (C=O) groups is 1. The van der Waals surface area contributed by atoms with Crippen molar-refractivity contribution < 1.29 is 18.7 Å². The molecule has 1 fully saturated rings. The normalized spacial score (nSPS) is 15.4. The van der Waals surface area contributed by atoms with E-state index in [9.17, 15) is 9.18 Å². The highest BCUT2D eigenvalue weighted by atomic mass is 19.1. The van der Waals surface area contributed by atoms with Crippen LogP contribution in [0.1, 0.15) is 30.4 Å². The molecule has 2 aromatic rings. The van der Waals surface area contributed by atoms with Crippen LogP contribution in [0.25, 0.3) is 0 Å². The maximum atomic E-state index is 13.8. The molecule has 30 heavy (non-hydrogen) atoms. The van der Waals surface area contributed by atoms with Gasteiger partial charge >= 0.3 is 5.97 Å². The highest BCUT2D eigenvalue weighted by molar-refractivity contribution is 5.90. The van der Waals surface area contributed by atoms with Gasteiger partial charge in [-0.15, -0.1) is 0 Å². The molecule has 0 atom stereocenters. The van der Waals surface area contributed by atoms with Crippen molar-refractivity contribution >= 4 is 11.7 Å². The lowest BCUT2D eigenvalue weighted by Crippen LogP contribution is -2.24. The molecule has 3 rings (SSSR count). The van der Waals surface area contributed by atoms with Crippen LogP contribution in [0.15, 0.2) is 59.9 Å². The number of anilines is 1. The van der Waals surface area contributed by atoms with Crippen molar-refractivity contribution in [3.63, 3.8) is 0 Å². The van der Waals surface area contributed by atoms with Gasteiger partial charge in [-0.25, -0.2) is 9.18 Å². The Labute approximate surface area is 177 Å². The number of aryl methyl sites for hydroxylation is 1. The first-order valence-electron chi connectivity index (χ1n) is 10.3. The van der Waals surface area contributed by atoms with Gasteiger partial charge in [0.05, 0.1) is 12.2 Å². The van der Waals surface area contributed by atoms with Crippen molar-refractivity contribution in [1.82, 2.24) is 0 Å². The van der Waals surface area contributed by atoms with Gasteiger partial charge in [-0.3, -0.25) is 0 Å². The second-order valence-electron chi connectivity index (χ2n) is 7.62. The number of halogens is 1. The van der Waals surface area contributed by atoms with E-state index in [1.807, 2.05) is 31.2 Å². The van der Waals surface area contributed by atoms with Gasteiger partial charge in [0.1, 0.15) is 11.6 Å². The predicted molar refractivity (Wildman–Crippen MR) is 115 cm³/mol. The van der Waals surface area contributed by atoms with Crippen LogP contribution in [0.3, 0.4) is 0 Å². The zero-order valence-corrected chi connectivity index (χ0v) is 17.3. The van der Waals surface area contributed by atoms with Crippen LogP contribution in [-0.2, 0) is 20.7 Å². The van der Waals surface area contributed by atoms with Crippen molar-refractivity contribution in [3.05, 3.63) is 76.9 Å². The van der Waals surface area contributed by atoms with Crippen LogP contribution in [0.5, 0.6) is 0 Å². The highest BCUT2D eigenvalue weighted by Gasteiger charge is 2.23. The minimum atomic E-state index is -0.463. The molecule has 0 saturated carbocycles. The van der Waals surface area contributed by atoms with Gasteiger partial charge in [0, 0.05) is 25.3 Å². The SMILES string of the molecule is Cc1ccc(N/C(N)=C(\CC2CCOCC2)C(=O)OCCc2ccccc2F)cc1. The lowest BCUT2D eigenvalue weighted by Gasteiger charge is -2.23. The molecule has 0 spiro atoms. The molecule has 0 aromatic heterocycles. The Morgan fingerprint density at radius 3 is 2.57 bits per heavy atom. The van der Waals surface area contributed by atoms with Crippen molar-refractivity contribution in [2.75, 3.05) is 25.1 Å². The van der Waals surface area contributed by atoms with Gasteiger partial charge in [0.15, 0.2) is 0 Å². The Bertz CT molecular complexity index is 874. The lowest BCUT2D eigenvalue weighted by molar-refractivity contribution is -0.139. The molecule has 5 nitrogen and oxygen atoms in total. The van der Waals surface area contributed by atoms with E-state index >= 15 is 0 Å². The van der Waals surface area contributed by atoms with Crippen LogP contribution in [0.2, 0.25) is 0 Å². The fraction of sp³-hybridized carbons (Fsp3) is 0.375. The van der Waals surface area contributed by atoms with Gasteiger partial charge in [-0.2, -0.15) is 0 Å². The molecule has 1 aliphatic heterocycles. The molecular weight excluding hydrogens is 383 g/mol. The molecule has 160 valence electrons. The van der Waals surface area contributed by atoms with Crippen LogP contribution < -0.4 is 11.1 Å². The summed E-state index contributed by atoms with van der Waals surface area (Å²) >= 11 is 0. The third kappa shape index (κ3) is 6.32.